The molecule has 2 fully saturated rings. The molecule has 14 nitrogen and oxygen atoms in total. The number of hydrogen-bond acceptors (Lipinski definition) is 13. The van der Waals surface area contributed by atoms with Gasteiger partial charge in [0.25, 0.3) is 0 Å². The van der Waals surface area contributed by atoms with Crippen molar-refractivity contribution in [3.63, 3.8) is 0 Å². The van der Waals surface area contributed by atoms with Gasteiger partial charge in [0, 0.05) is 6.42 Å². The van der Waals surface area contributed by atoms with Crippen LogP contribution in [0.5, 0.6) is 0 Å². The van der Waals surface area contributed by atoms with Crippen LogP contribution >= 0.6 is 0 Å². The van der Waals surface area contributed by atoms with E-state index in [1.165, 1.54) is 161 Å². The van der Waals surface area contributed by atoms with Crippen molar-refractivity contribution in [3.05, 3.63) is 48.6 Å². The lowest BCUT2D eigenvalue weighted by atomic mass is 9.97. The molecule has 0 spiro atoms. The summed E-state index contributed by atoms with van der Waals surface area (Å²) in [6.07, 6.45) is 41.5. The van der Waals surface area contributed by atoms with E-state index in [9.17, 15) is 45.6 Å². The third-order valence-corrected chi connectivity index (χ3v) is 14.8. The highest BCUT2D eigenvalue weighted by atomic mass is 16.7. The quantitative estimate of drug-likeness (QED) is 0.0204. The first-order valence-corrected chi connectivity index (χ1v) is 30.4. The van der Waals surface area contributed by atoms with Crippen molar-refractivity contribution in [1.29, 1.82) is 0 Å². The molecule has 0 radical (unpaired) electrons. The Morgan fingerprint density at radius 2 is 0.880 bits per heavy atom. The van der Waals surface area contributed by atoms with Gasteiger partial charge in [-0.3, -0.25) is 4.79 Å². The average molecular weight is 1070 g/mol. The number of rotatable bonds is 48. The summed E-state index contributed by atoms with van der Waals surface area (Å²) in [7, 11) is 0. The Balaban J connectivity index is 1.72. The molecule has 0 aromatic heterocycles. The number of nitrogens with one attached hydrogen (secondary N) is 1. The Morgan fingerprint density at radius 1 is 0.480 bits per heavy atom. The SMILES string of the molecule is CCCCCCC/C=C\C/C=C\C/C=C\CCCCCCCCCCCCCCC(=O)NC(COC1OC(CO)C(OC2OC(CO)C(O)C(O)C2O)C(O)C1O)C(O)/C=C/CCCCCCCCCCCCCC. The van der Waals surface area contributed by atoms with Crippen LogP contribution in [0, 0.1) is 0 Å². The van der Waals surface area contributed by atoms with Crippen LogP contribution < -0.4 is 5.32 Å². The summed E-state index contributed by atoms with van der Waals surface area (Å²) in [6, 6.07) is -0.916. The highest BCUT2D eigenvalue weighted by molar-refractivity contribution is 5.76. The maximum atomic E-state index is 13.3. The van der Waals surface area contributed by atoms with Gasteiger partial charge in [-0.25, -0.2) is 0 Å². The van der Waals surface area contributed by atoms with Gasteiger partial charge in [-0.15, -0.1) is 0 Å². The predicted octanol–water partition coefficient (Wildman–Crippen LogP) is 10.4. The van der Waals surface area contributed by atoms with Gasteiger partial charge in [-0.1, -0.05) is 223 Å². The molecule has 12 unspecified atom stereocenters. The first-order valence-electron chi connectivity index (χ1n) is 30.4. The van der Waals surface area contributed by atoms with Crippen LogP contribution in [0.15, 0.2) is 48.6 Å². The molecule has 0 aliphatic carbocycles. The van der Waals surface area contributed by atoms with Crippen LogP contribution in [0.2, 0.25) is 0 Å². The zero-order valence-corrected chi connectivity index (χ0v) is 47.0. The third kappa shape index (κ3) is 32.6. The van der Waals surface area contributed by atoms with Crippen LogP contribution in [0.25, 0.3) is 0 Å². The molecule has 2 aliphatic rings. The summed E-state index contributed by atoms with van der Waals surface area (Å²) < 4.78 is 22.8. The van der Waals surface area contributed by atoms with E-state index in [0.29, 0.717) is 6.42 Å². The first-order chi connectivity index (χ1) is 36.6. The van der Waals surface area contributed by atoms with Crippen LogP contribution in [-0.2, 0) is 23.7 Å². The maximum absolute atomic E-state index is 13.3. The zero-order chi connectivity index (χ0) is 54.6. The number of ether oxygens (including phenoxy) is 4. The second-order valence-corrected chi connectivity index (χ2v) is 21.5. The fourth-order valence-corrected chi connectivity index (χ4v) is 9.83. The van der Waals surface area contributed by atoms with Crippen LogP contribution in [0.3, 0.4) is 0 Å². The molecule has 0 bridgehead atoms. The van der Waals surface area contributed by atoms with Crippen molar-refractivity contribution in [3.8, 4) is 0 Å². The Kier molecular flexibility index (Phi) is 43.1. The molecule has 2 saturated heterocycles. The van der Waals surface area contributed by atoms with Gasteiger partial charge in [0.15, 0.2) is 12.6 Å². The number of amides is 1. The molecule has 0 aromatic carbocycles. The molecular weight excluding hydrogens is 955 g/mol. The maximum Gasteiger partial charge on any atom is 0.220 e. The molecule has 438 valence electrons. The molecule has 0 aromatic rings. The van der Waals surface area contributed by atoms with Crippen LogP contribution in [0.4, 0.5) is 0 Å². The van der Waals surface area contributed by atoms with Gasteiger partial charge in [0.05, 0.1) is 32.0 Å². The van der Waals surface area contributed by atoms with Crippen molar-refractivity contribution in [2.24, 2.45) is 0 Å². The van der Waals surface area contributed by atoms with Gasteiger partial charge in [-0.05, 0) is 57.8 Å². The molecule has 14 heteroatoms. The molecule has 0 saturated carbocycles. The van der Waals surface area contributed by atoms with E-state index in [2.05, 4.69) is 55.6 Å². The Morgan fingerprint density at radius 3 is 1.35 bits per heavy atom. The van der Waals surface area contributed by atoms with E-state index in [1.807, 2.05) is 6.08 Å². The number of carbonyl (C=O) groups is 1. The Hall–Kier alpha value is -2.05. The lowest BCUT2D eigenvalue weighted by Gasteiger charge is -2.46. The minimum Gasteiger partial charge on any atom is -0.394 e. The highest BCUT2D eigenvalue weighted by Crippen LogP contribution is 2.30. The van der Waals surface area contributed by atoms with E-state index in [0.717, 1.165) is 51.4 Å². The van der Waals surface area contributed by atoms with Crippen molar-refractivity contribution in [2.75, 3.05) is 19.8 Å². The van der Waals surface area contributed by atoms with Crippen LogP contribution in [-0.4, -0.2) is 140 Å². The molecule has 75 heavy (non-hydrogen) atoms. The van der Waals surface area contributed by atoms with E-state index in [1.54, 1.807) is 6.08 Å². The van der Waals surface area contributed by atoms with E-state index in [-0.39, 0.29) is 18.9 Å². The Bertz CT molecular complexity index is 1440. The number of unbranched alkanes of at least 4 members (excludes halogenated alkanes) is 29. The molecular formula is C61H111NO13. The summed E-state index contributed by atoms with van der Waals surface area (Å²) in [6.45, 7) is 2.79. The lowest BCUT2D eigenvalue weighted by Crippen LogP contribution is -2.65. The lowest BCUT2D eigenvalue weighted by molar-refractivity contribution is -0.359. The molecule has 1 amide bonds. The smallest absolute Gasteiger partial charge is 0.220 e. The van der Waals surface area contributed by atoms with Crippen LogP contribution in [0.1, 0.15) is 239 Å². The zero-order valence-electron chi connectivity index (χ0n) is 47.0. The predicted molar refractivity (Wildman–Crippen MR) is 300 cm³/mol. The van der Waals surface area contributed by atoms with Crippen molar-refractivity contribution >= 4 is 5.91 Å². The standard InChI is InChI=1S/C61H111NO13/c1-3-5-7-9-11-13-15-17-19-20-21-22-23-24-25-26-27-28-29-30-31-33-35-37-39-41-43-45-53(66)62-49(50(65)44-42-40-38-36-34-32-18-16-14-12-10-8-6-4-2)48-72-60-58(71)56(69)59(52(47-64)74-60)75-61-57(70)55(68)54(67)51(46-63)73-61/h15,17,20-21,23-24,42,44,49-52,54-61,63-65,67-71H,3-14,16,18-19,22,25-41,43,45-48H2,1-2H3,(H,62,66)/b17-15-,21-20-,24-23-,44-42+. The molecule has 12 atom stereocenters. The molecule has 2 aliphatic heterocycles. The summed E-state index contributed by atoms with van der Waals surface area (Å²) in [5.41, 5.74) is 0. The minimum atomic E-state index is -1.79. The average Bonchev–Trinajstić information content (AvgIpc) is 3.41. The first kappa shape index (κ1) is 69.1. The van der Waals surface area contributed by atoms with Crippen molar-refractivity contribution in [2.45, 2.75) is 312 Å². The summed E-state index contributed by atoms with van der Waals surface area (Å²) in [4.78, 5) is 13.3. The van der Waals surface area contributed by atoms with E-state index < -0.39 is 86.8 Å². The number of allylic oxidation sites excluding steroid dienone is 7. The Labute approximate surface area is 454 Å². The number of aliphatic hydroxyl groups excluding tert-OH is 8. The molecule has 2 rings (SSSR count). The van der Waals surface area contributed by atoms with Crippen molar-refractivity contribution in [1.82, 2.24) is 5.32 Å². The van der Waals surface area contributed by atoms with Gasteiger partial charge in [-0.2, -0.15) is 0 Å². The second kappa shape index (κ2) is 46.8. The monoisotopic (exact) mass is 1070 g/mol. The normalized spacial score (nSPS) is 25.4. The van der Waals surface area contributed by atoms with E-state index in [4.69, 9.17) is 18.9 Å². The molecule has 9 N–H and O–H groups in total. The topological polar surface area (TPSA) is 228 Å². The molecule has 2 heterocycles. The van der Waals surface area contributed by atoms with Gasteiger partial charge >= 0.3 is 0 Å². The highest BCUT2D eigenvalue weighted by Gasteiger charge is 2.51. The summed E-state index contributed by atoms with van der Waals surface area (Å²) in [5, 5.41) is 87.0. The fourth-order valence-electron chi connectivity index (χ4n) is 9.83. The minimum absolute atomic E-state index is 0.242. The fraction of sp³-hybridized carbons (Fsp3) is 0.852. The number of aliphatic hydroxyl groups is 8. The summed E-state index contributed by atoms with van der Waals surface area (Å²) >= 11 is 0. The second-order valence-electron chi connectivity index (χ2n) is 21.5. The van der Waals surface area contributed by atoms with Gasteiger partial charge in [0.1, 0.15) is 48.8 Å². The van der Waals surface area contributed by atoms with Gasteiger partial charge < -0.3 is 65.1 Å². The van der Waals surface area contributed by atoms with Crippen molar-refractivity contribution < 1.29 is 64.6 Å². The largest absolute Gasteiger partial charge is 0.394 e. The van der Waals surface area contributed by atoms with E-state index >= 15 is 0 Å². The number of carbonyl (C=O) groups excluding carboxylic acids is 1. The van der Waals surface area contributed by atoms with Gasteiger partial charge in [0.2, 0.25) is 5.91 Å². The third-order valence-electron chi connectivity index (χ3n) is 14.8. The summed E-state index contributed by atoms with van der Waals surface area (Å²) in [5.74, 6) is -0.242. The number of hydrogen-bond donors (Lipinski definition) is 9.